The lowest BCUT2D eigenvalue weighted by atomic mass is 10.1. The third kappa shape index (κ3) is 1.36. The number of hydrogen-bond donors (Lipinski definition) is 0. The molecule has 2 aliphatic rings. The summed E-state index contributed by atoms with van der Waals surface area (Å²) in [6.07, 6.45) is 1.77. The molecule has 0 saturated carbocycles. The average molecular weight is 186 g/mol. The first-order chi connectivity index (χ1) is 5.81. The Morgan fingerprint density at radius 3 is 3.25 bits per heavy atom. The van der Waals surface area contributed by atoms with E-state index in [9.17, 15) is 0 Å². The summed E-state index contributed by atoms with van der Waals surface area (Å²) < 4.78 is 11.6. The Morgan fingerprint density at radius 1 is 1.67 bits per heavy atom. The van der Waals surface area contributed by atoms with Crippen LogP contribution in [0.5, 0.6) is 0 Å². The maximum atomic E-state index is 5.86. The Balaban J connectivity index is 2.05. The highest BCUT2D eigenvalue weighted by Gasteiger charge is 2.34. The Morgan fingerprint density at radius 2 is 2.50 bits per heavy atom. The van der Waals surface area contributed by atoms with Gasteiger partial charge in [0.05, 0.1) is 6.10 Å². The van der Waals surface area contributed by atoms with Crippen LogP contribution in [0.25, 0.3) is 0 Å². The quantitative estimate of drug-likeness (QED) is 0.625. The van der Waals surface area contributed by atoms with Gasteiger partial charge in [0.1, 0.15) is 18.0 Å². The lowest BCUT2D eigenvalue weighted by Crippen LogP contribution is -2.39. The molecule has 0 bridgehead atoms. The molecular formula is C9H14O2S. The molecule has 0 aromatic carbocycles. The van der Waals surface area contributed by atoms with Crippen molar-refractivity contribution in [2.45, 2.75) is 38.6 Å². The molecule has 68 valence electrons. The van der Waals surface area contributed by atoms with Crippen LogP contribution < -0.4 is 0 Å². The zero-order valence-electron chi connectivity index (χ0n) is 7.45. The number of fused-ring (bicyclic) bond motifs is 1. The van der Waals surface area contributed by atoms with Crippen LogP contribution in [0.2, 0.25) is 0 Å². The van der Waals surface area contributed by atoms with Crippen LogP contribution in [0.15, 0.2) is 11.2 Å². The summed E-state index contributed by atoms with van der Waals surface area (Å²) >= 11 is 1.78. The van der Waals surface area contributed by atoms with Gasteiger partial charge in [0.25, 0.3) is 0 Å². The molecule has 3 heteroatoms. The van der Waals surface area contributed by atoms with Crippen LogP contribution in [0.3, 0.4) is 0 Å². The van der Waals surface area contributed by atoms with Crippen LogP contribution in [-0.4, -0.2) is 24.1 Å². The van der Waals surface area contributed by atoms with Crippen molar-refractivity contribution in [2.75, 3.05) is 5.75 Å². The second-order valence-electron chi connectivity index (χ2n) is 3.25. The minimum absolute atomic E-state index is 0.219. The van der Waals surface area contributed by atoms with Crippen LogP contribution in [0.4, 0.5) is 0 Å². The van der Waals surface area contributed by atoms with Crippen molar-refractivity contribution in [3.05, 3.63) is 11.2 Å². The van der Waals surface area contributed by atoms with E-state index in [1.807, 2.05) is 0 Å². The molecule has 3 unspecified atom stereocenters. The smallest absolute Gasteiger partial charge is 0.132 e. The summed E-state index contributed by atoms with van der Waals surface area (Å²) in [7, 11) is 0. The van der Waals surface area contributed by atoms with E-state index < -0.39 is 0 Å². The molecule has 3 atom stereocenters. The third-order valence-electron chi connectivity index (χ3n) is 2.35. The fourth-order valence-corrected chi connectivity index (χ4v) is 2.51. The van der Waals surface area contributed by atoms with Gasteiger partial charge in [-0.1, -0.05) is 6.92 Å². The van der Waals surface area contributed by atoms with Gasteiger partial charge in [0, 0.05) is 11.2 Å². The van der Waals surface area contributed by atoms with Gasteiger partial charge in [-0.15, -0.1) is 11.8 Å². The Labute approximate surface area is 77.3 Å². The summed E-state index contributed by atoms with van der Waals surface area (Å²) in [6.45, 7) is 4.22. The van der Waals surface area contributed by atoms with Crippen LogP contribution in [0.1, 0.15) is 20.3 Å². The molecule has 2 aliphatic heterocycles. The standard InChI is InChI=1S/C9H14O2S/c1-3-7-6(2)10-8-4-12-5-9(8)11-7/h4,6-7,9H,3,5H2,1-2H3. The monoisotopic (exact) mass is 186 g/mol. The van der Waals surface area contributed by atoms with Gasteiger partial charge in [0.2, 0.25) is 0 Å². The summed E-state index contributed by atoms with van der Waals surface area (Å²) in [5.74, 6) is 2.07. The second-order valence-corrected chi connectivity index (χ2v) is 4.15. The molecule has 2 rings (SSSR count). The van der Waals surface area contributed by atoms with Crippen molar-refractivity contribution in [1.29, 1.82) is 0 Å². The van der Waals surface area contributed by atoms with Gasteiger partial charge in [0.15, 0.2) is 0 Å². The second kappa shape index (κ2) is 3.30. The summed E-state index contributed by atoms with van der Waals surface area (Å²) in [6, 6.07) is 0. The zero-order valence-corrected chi connectivity index (χ0v) is 8.26. The highest BCUT2D eigenvalue weighted by molar-refractivity contribution is 8.02. The molecule has 0 N–H and O–H groups in total. The molecule has 2 nitrogen and oxygen atoms in total. The number of hydrogen-bond acceptors (Lipinski definition) is 3. The van der Waals surface area contributed by atoms with Gasteiger partial charge in [-0.05, 0) is 13.3 Å². The fraction of sp³-hybridized carbons (Fsp3) is 0.778. The van der Waals surface area contributed by atoms with E-state index >= 15 is 0 Å². The SMILES string of the molecule is CCC1OC2CSC=C2OC1C. The lowest BCUT2D eigenvalue weighted by Gasteiger charge is -2.34. The first-order valence-electron chi connectivity index (χ1n) is 4.45. The van der Waals surface area contributed by atoms with Crippen molar-refractivity contribution >= 4 is 11.8 Å². The van der Waals surface area contributed by atoms with Crippen molar-refractivity contribution in [2.24, 2.45) is 0 Å². The molecule has 1 fully saturated rings. The summed E-state index contributed by atoms with van der Waals surface area (Å²) in [5, 5.41) is 2.08. The maximum absolute atomic E-state index is 5.86. The van der Waals surface area contributed by atoms with Gasteiger partial charge < -0.3 is 9.47 Å². The zero-order chi connectivity index (χ0) is 8.55. The average Bonchev–Trinajstić information content (AvgIpc) is 2.49. The first kappa shape index (κ1) is 8.45. The van der Waals surface area contributed by atoms with Crippen LogP contribution in [-0.2, 0) is 9.47 Å². The predicted octanol–water partition coefficient (Wildman–Crippen LogP) is 2.16. The first-order valence-corrected chi connectivity index (χ1v) is 5.50. The van der Waals surface area contributed by atoms with Gasteiger partial charge in [-0.25, -0.2) is 0 Å². The van der Waals surface area contributed by atoms with Gasteiger partial charge in [-0.3, -0.25) is 0 Å². The van der Waals surface area contributed by atoms with Gasteiger partial charge in [-0.2, -0.15) is 0 Å². The molecule has 0 aromatic heterocycles. The highest BCUT2D eigenvalue weighted by Crippen LogP contribution is 2.33. The van der Waals surface area contributed by atoms with Crippen molar-refractivity contribution in [1.82, 2.24) is 0 Å². The highest BCUT2D eigenvalue weighted by atomic mass is 32.2. The van der Waals surface area contributed by atoms with E-state index in [-0.39, 0.29) is 18.3 Å². The molecule has 0 spiro atoms. The van der Waals surface area contributed by atoms with E-state index in [0.29, 0.717) is 0 Å². The number of thioether (sulfide) groups is 1. The molecule has 1 saturated heterocycles. The lowest BCUT2D eigenvalue weighted by molar-refractivity contribution is -0.127. The van der Waals surface area contributed by atoms with Gasteiger partial charge >= 0.3 is 0 Å². The minimum atomic E-state index is 0.219. The van der Waals surface area contributed by atoms with Crippen LogP contribution >= 0.6 is 11.8 Å². The van der Waals surface area contributed by atoms with E-state index in [2.05, 4.69) is 19.3 Å². The predicted molar refractivity (Wildman–Crippen MR) is 50.0 cm³/mol. The summed E-state index contributed by atoms with van der Waals surface area (Å²) in [4.78, 5) is 0. The van der Waals surface area contributed by atoms with E-state index in [1.165, 1.54) is 0 Å². The molecule has 2 heterocycles. The van der Waals surface area contributed by atoms with E-state index in [4.69, 9.17) is 9.47 Å². The normalized spacial score (nSPS) is 40.2. The third-order valence-corrected chi connectivity index (χ3v) is 3.25. The molecule has 12 heavy (non-hydrogen) atoms. The minimum Gasteiger partial charge on any atom is -0.489 e. The van der Waals surface area contributed by atoms with E-state index in [0.717, 1.165) is 17.9 Å². The van der Waals surface area contributed by atoms with Crippen LogP contribution in [0, 0.1) is 0 Å². The molecule has 0 radical (unpaired) electrons. The van der Waals surface area contributed by atoms with Crippen molar-refractivity contribution in [3.8, 4) is 0 Å². The molecule has 0 aliphatic carbocycles. The van der Waals surface area contributed by atoms with E-state index in [1.54, 1.807) is 11.8 Å². The largest absolute Gasteiger partial charge is 0.489 e. The molecule has 0 aromatic rings. The fourth-order valence-electron chi connectivity index (χ4n) is 1.63. The number of rotatable bonds is 1. The summed E-state index contributed by atoms with van der Waals surface area (Å²) in [5.41, 5.74) is 0. The van der Waals surface area contributed by atoms with Crippen molar-refractivity contribution in [3.63, 3.8) is 0 Å². The topological polar surface area (TPSA) is 18.5 Å². The maximum Gasteiger partial charge on any atom is 0.132 e. The number of ether oxygens (including phenoxy) is 2. The Hall–Kier alpha value is -0.150. The Kier molecular flexibility index (Phi) is 2.33. The Bertz CT molecular complexity index is 203. The molecule has 0 amide bonds. The molecular weight excluding hydrogens is 172 g/mol. The van der Waals surface area contributed by atoms with Crippen molar-refractivity contribution < 1.29 is 9.47 Å².